The van der Waals surface area contributed by atoms with Crippen LogP contribution in [0.4, 0.5) is 15.8 Å². The van der Waals surface area contributed by atoms with Crippen LogP contribution in [0.25, 0.3) is 0 Å². The molecule has 1 aromatic carbocycles. The Balaban J connectivity index is 1.86. The van der Waals surface area contributed by atoms with Crippen LogP contribution >= 0.6 is 0 Å². The number of halogens is 1. The summed E-state index contributed by atoms with van der Waals surface area (Å²) in [6, 6.07) is 6.69. The molecule has 138 valence electrons. The van der Waals surface area contributed by atoms with Crippen LogP contribution in [0.2, 0.25) is 0 Å². The maximum Gasteiger partial charge on any atom is 0.224 e. The Kier molecular flexibility index (Phi) is 7.36. The fourth-order valence-electron chi connectivity index (χ4n) is 2.62. The fraction of sp³-hybridized carbons (Fsp3) is 0.500. The van der Waals surface area contributed by atoms with Gasteiger partial charge in [0.25, 0.3) is 0 Å². The summed E-state index contributed by atoms with van der Waals surface area (Å²) in [4.78, 5) is 13.2. The Bertz CT molecular complexity index is 592. The molecule has 2 rings (SSSR count). The third kappa shape index (κ3) is 5.81. The minimum Gasteiger partial charge on any atom is -0.372 e. The van der Waals surface area contributed by atoms with Crippen molar-refractivity contribution < 1.29 is 19.4 Å². The topological polar surface area (TPSA) is 84.8 Å². The molecule has 25 heavy (non-hydrogen) atoms. The Morgan fingerprint density at radius 1 is 1.20 bits per heavy atom. The van der Waals surface area contributed by atoms with Crippen molar-refractivity contribution >= 4 is 17.3 Å². The number of rotatable bonds is 8. The van der Waals surface area contributed by atoms with Gasteiger partial charge in [0, 0.05) is 24.0 Å². The third-order valence-electron chi connectivity index (χ3n) is 4.05. The first-order valence-electron chi connectivity index (χ1n) is 8.69. The molecule has 0 bridgehead atoms. The summed E-state index contributed by atoms with van der Waals surface area (Å²) in [5.41, 5.74) is 1.17. The minimum absolute atomic E-state index is 0.0296. The number of hydrogen-bond acceptors (Lipinski definition) is 5. The van der Waals surface area contributed by atoms with Gasteiger partial charge >= 0.3 is 0 Å². The van der Waals surface area contributed by atoms with Gasteiger partial charge in [0.15, 0.2) is 18.4 Å². The molecule has 0 aromatic heterocycles. The predicted molar refractivity (Wildman–Crippen MR) is 95.3 cm³/mol. The Morgan fingerprint density at radius 3 is 2.56 bits per heavy atom. The lowest BCUT2D eigenvalue weighted by Crippen LogP contribution is -2.52. The zero-order valence-corrected chi connectivity index (χ0v) is 14.4. The number of benzene rings is 1. The van der Waals surface area contributed by atoms with Crippen LogP contribution in [0.3, 0.4) is 0 Å². The molecule has 7 heteroatoms. The summed E-state index contributed by atoms with van der Waals surface area (Å²) in [5.74, 6) is -0.816. The lowest BCUT2D eigenvalue weighted by molar-refractivity contribution is -0.116. The lowest BCUT2D eigenvalue weighted by atomic mass is 10.1. The third-order valence-corrected chi connectivity index (χ3v) is 4.05. The molecule has 1 aliphatic heterocycles. The first-order chi connectivity index (χ1) is 12.0. The van der Waals surface area contributed by atoms with E-state index in [4.69, 9.17) is 0 Å². The molecule has 2 atom stereocenters. The average molecular weight is 351 g/mol. The second kappa shape index (κ2) is 9.50. The van der Waals surface area contributed by atoms with Gasteiger partial charge in [-0.15, -0.1) is 0 Å². The lowest BCUT2D eigenvalue weighted by Gasteiger charge is -2.33. The van der Waals surface area contributed by atoms with Crippen molar-refractivity contribution in [3.63, 3.8) is 0 Å². The van der Waals surface area contributed by atoms with E-state index in [9.17, 15) is 19.4 Å². The van der Waals surface area contributed by atoms with Crippen LogP contribution in [-0.4, -0.2) is 28.7 Å². The summed E-state index contributed by atoms with van der Waals surface area (Å²) >= 11 is 0. The van der Waals surface area contributed by atoms with E-state index >= 15 is 0 Å². The minimum atomic E-state index is -1.51. The number of aliphatic hydroxyl groups is 2. The highest BCUT2D eigenvalue weighted by atomic mass is 19.1. The number of aliphatic hydroxyl groups excluding tert-OH is 2. The largest absolute Gasteiger partial charge is 0.372 e. The van der Waals surface area contributed by atoms with Gasteiger partial charge in [-0.1, -0.05) is 32.6 Å². The van der Waals surface area contributed by atoms with Gasteiger partial charge in [-0.2, -0.15) is 0 Å². The molecule has 1 amide bonds. The maximum atomic E-state index is 13.5. The van der Waals surface area contributed by atoms with E-state index in [1.165, 1.54) is 17.7 Å². The van der Waals surface area contributed by atoms with Crippen LogP contribution < -0.4 is 15.5 Å². The zero-order chi connectivity index (χ0) is 18.2. The van der Waals surface area contributed by atoms with E-state index in [0.717, 1.165) is 25.5 Å². The molecule has 4 N–H and O–H groups in total. The van der Waals surface area contributed by atoms with E-state index in [2.05, 4.69) is 17.6 Å². The SMILES string of the molecule is CCCCCCCC(=O)Nc1ccc(N2C=C(F)C(O)NC2O)cc1. The van der Waals surface area contributed by atoms with Crippen LogP contribution in [0, 0.1) is 0 Å². The molecule has 1 heterocycles. The van der Waals surface area contributed by atoms with Crippen LogP contribution in [0.5, 0.6) is 0 Å². The number of anilines is 2. The molecule has 0 saturated carbocycles. The number of hydrogen-bond donors (Lipinski definition) is 4. The van der Waals surface area contributed by atoms with E-state index in [1.807, 2.05) is 0 Å². The highest BCUT2D eigenvalue weighted by Gasteiger charge is 2.26. The van der Waals surface area contributed by atoms with Crippen molar-refractivity contribution in [2.24, 2.45) is 0 Å². The van der Waals surface area contributed by atoms with Gasteiger partial charge in [-0.05, 0) is 30.7 Å². The number of carbonyl (C=O) groups is 1. The zero-order valence-electron chi connectivity index (χ0n) is 14.4. The quantitative estimate of drug-likeness (QED) is 0.541. The van der Waals surface area contributed by atoms with Crippen molar-refractivity contribution in [2.45, 2.75) is 58.0 Å². The highest BCUT2D eigenvalue weighted by Crippen LogP contribution is 2.23. The Morgan fingerprint density at radius 2 is 1.88 bits per heavy atom. The van der Waals surface area contributed by atoms with E-state index in [1.54, 1.807) is 24.3 Å². The van der Waals surface area contributed by atoms with Crippen LogP contribution in [0.15, 0.2) is 36.3 Å². The molecule has 1 aromatic rings. The van der Waals surface area contributed by atoms with Gasteiger partial charge in [0.05, 0.1) is 0 Å². The molecular weight excluding hydrogens is 325 g/mol. The normalized spacial score (nSPS) is 20.3. The second-order valence-corrected chi connectivity index (χ2v) is 6.12. The van der Waals surface area contributed by atoms with Crippen LogP contribution in [-0.2, 0) is 4.79 Å². The van der Waals surface area contributed by atoms with Crippen LogP contribution in [0.1, 0.15) is 45.4 Å². The standard InChI is InChI=1S/C18H26FN3O3/c1-2-3-4-5-6-7-16(23)20-13-8-10-14(11-9-13)22-12-15(19)17(24)21-18(22)25/h8-12,17-18,21,24-25H,2-7H2,1H3,(H,20,23). The number of nitrogens with one attached hydrogen (secondary N) is 2. The summed E-state index contributed by atoms with van der Waals surface area (Å²) in [5, 5.41) is 24.3. The van der Waals surface area contributed by atoms with E-state index in [0.29, 0.717) is 17.8 Å². The number of unbranched alkanes of at least 4 members (excludes halogenated alkanes) is 4. The summed E-state index contributed by atoms with van der Waals surface area (Å²) < 4.78 is 13.5. The number of carbonyl (C=O) groups excluding carboxylic acids is 1. The molecule has 6 nitrogen and oxygen atoms in total. The first-order valence-corrected chi connectivity index (χ1v) is 8.69. The summed E-state index contributed by atoms with van der Waals surface area (Å²) in [6.07, 6.45) is 4.25. The number of amides is 1. The van der Waals surface area contributed by atoms with Crippen molar-refractivity contribution in [1.29, 1.82) is 0 Å². The van der Waals surface area contributed by atoms with E-state index < -0.39 is 18.4 Å². The molecule has 0 radical (unpaired) electrons. The van der Waals surface area contributed by atoms with Gasteiger partial charge < -0.3 is 20.4 Å². The van der Waals surface area contributed by atoms with Gasteiger partial charge in [-0.25, -0.2) is 9.71 Å². The van der Waals surface area contributed by atoms with Crippen molar-refractivity contribution in [2.75, 3.05) is 10.2 Å². The maximum absolute atomic E-state index is 13.5. The predicted octanol–water partition coefficient (Wildman–Crippen LogP) is 2.80. The fourth-order valence-corrected chi connectivity index (χ4v) is 2.62. The average Bonchev–Trinajstić information content (AvgIpc) is 2.59. The Labute approximate surface area is 147 Å². The van der Waals surface area contributed by atoms with Crippen molar-refractivity contribution in [3.05, 3.63) is 36.3 Å². The molecule has 0 fully saturated rings. The summed E-state index contributed by atoms with van der Waals surface area (Å²) in [6.45, 7) is 2.15. The first kappa shape index (κ1) is 19.4. The molecule has 2 unspecified atom stereocenters. The molecular formula is C18H26FN3O3. The van der Waals surface area contributed by atoms with Crippen molar-refractivity contribution in [1.82, 2.24) is 5.32 Å². The van der Waals surface area contributed by atoms with Gasteiger partial charge in [-0.3, -0.25) is 4.79 Å². The van der Waals surface area contributed by atoms with Crippen molar-refractivity contribution in [3.8, 4) is 0 Å². The Hall–Kier alpha value is -1.96. The van der Waals surface area contributed by atoms with Gasteiger partial charge in [0.2, 0.25) is 5.91 Å². The van der Waals surface area contributed by atoms with Gasteiger partial charge in [0.1, 0.15) is 0 Å². The molecule has 0 spiro atoms. The molecule has 0 saturated heterocycles. The second-order valence-electron chi connectivity index (χ2n) is 6.12. The molecule has 1 aliphatic rings. The molecule has 0 aliphatic carbocycles. The monoisotopic (exact) mass is 351 g/mol. The summed E-state index contributed by atoms with van der Waals surface area (Å²) in [7, 11) is 0. The highest BCUT2D eigenvalue weighted by molar-refractivity contribution is 5.90. The smallest absolute Gasteiger partial charge is 0.224 e. The number of nitrogens with zero attached hydrogens (tertiary/aromatic N) is 1. The van der Waals surface area contributed by atoms with E-state index in [-0.39, 0.29) is 5.91 Å².